The number of ether oxygens (including phenoxy) is 1. The van der Waals surface area contributed by atoms with Crippen molar-refractivity contribution in [2.24, 2.45) is 0 Å². The summed E-state index contributed by atoms with van der Waals surface area (Å²) in [5.74, 6) is -17.7. The molecule has 5 aromatic rings. The Kier molecular flexibility index (Phi) is 27.7. The van der Waals surface area contributed by atoms with Crippen molar-refractivity contribution in [1.29, 1.82) is 0 Å². The van der Waals surface area contributed by atoms with E-state index in [4.69, 9.17) is 4.74 Å². The zero-order chi connectivity index (χ0) is 65.8. The molecule has 0 aliphatic heterocycles. The second-order valence-corrected chi connectivity index (χ2v) is 20.1. The van der Waals surface area contributed by atoms with Gasteiger partial charge < -0.3 is 60.9 Å². The molecule has 20 N–H and O–H groups in total. The first kappa shape index (κ1) is 73.3. The van der Waals surface area contributed by atoms with Crippen molar-refractivity contribution < 1.29 is 103 Å². The number of hydrogen-bond donors (Lipinski definition) is 20. The van der Waals surface area contributed by atoms with Crippen molar-refractivity contribution in [2.75, 3.05) is 79.1 Å². The molecule has 2 heterocycles. The third kappa shape index (κ3) is 21.0. The Bertz CT molecular complexity index is 3400. The molecule has 0 saturated carbocycles. The number of fused-ring (bicyclic) bond motifs is 2. The van der Waals surface area contributed by atoms with E-state index in [1.807, 2.05) is 0 Å². The second-order valence-electron chi connectivity index (χ2n) is 20.1. The number of carboxylic acids is 8. The summed E-state index contributed by atoms with van der Waals surface area (Å²) >= 11 is 0. The van der Waals surface area contributed by atoms with Crippen LogP contribution in [-0.4, -0.2) is 264 Å². The Balaban J connectivity index is 0.0000173. The van der Waals surface area contributed by atoms with Gasteiger partial charge in [0.1, 0.15) is 35.0 Å². The van der Waals surface area contributed by atoms with Gasteiger partial charge in [-0.1, -0.05) is 48.5 Å². The van der Waals surface area contributed by atoms with Crippen LogP contribution in [0.3, 0.4) is 0 Å². The van der Waals surface area contributed by atoms with Crippen molar-refractivity contribution in [3.8, 4) is 5.75 Å². The molecule has 3 aromatic carbocycles. The van der Waals surface area contributed by atoms with E-state index >= 15 is 0 Å². The molecule has 3 unspecified atom stereocenters. The van der Waals surface area contributed by atoms with Gasteiger partial charge in [0, 0.05) is 51.9 Å². The maximum absolute atomic E-state index is 14.6. The van der Waals surface area contributed by atoms with E-state index in [2.05, 4.69) is 63.6 Å². The van der Waals surface area contributed by atoms with Crippen LogP contribution in [0, 0.1) is 0 Å². The number of nitrogens with one attached hydrogen (secondary N) is 12. The van der Waals surface area contributed by atoms with E-state index in [9.17, 15) is 98.4 Å². The molecule has 35 nitrogen and oxygen atoms in total. The number of carbonyl (C=O) groups excluding carboxylic acids is 4. The van der Waals surface area contributed by atoms with Gasteiger partial charge >= 0.3 is 77.3 Å². The molecule has 90 heavy (non-hydrogen) atoms. The van der Waals surface area contributed by atoms with E-state index < -0.39 is 153 Å². The van der Waals surface area contributed by atoms with Gasteiger partial charge in [0.15, 0.2) is 0 Å². The number of rotatable bonds is 38. The van der Waals surface area contributed by atoms with E-state index in [1.165, 1.54) is 21.0 Å². The van der Waals surface area contributed by atoms with Crippen LogP contribution >= 0.6 is 0 Å². The summed E-state index contributed by atoms with van der Waals surface area (Å²) in [6.45, 7) is -4.87. The average molecular weight is 1270 g/mol. The molecule has 482 valence electrons. The quantitative estimate of drug-likeness (QED) is 0.0102. The Morgan fingerprint density at radius 1 is 0.522 bits per heavy atom. The number of amides is 4. The molecular formula is C54H69N14NaO21. The third-order valence-corrected chi connectivity index (χ3v) is 13.8. The molecule has 0 radical (unpaired) electrons. The first-order chi connectivity index (χ1) is 42.1. The van der Waals surface area contributed by atoms with Gasteiger partial charge in [-0.2, -0.15) is 0 Å². The van der Waals surface area contributed by atoms with Crippen LogP contribution < -0.4 is 58.3 Å². The molecule has 0 saturated heterocycles. The number of aliphatic carboxylic acids is 8. The molecule has 0 aliphatic rings. The minimum absolute atomic E-state index is 0. The van der Waals surface area contributed by atoms with Gasteiger partial charge in [-0.05, 0) is 56.6 Å². The summed E-state index contributed by atoms with van der Waals surface area (Å²) in [7, 11) is 1.44. The number of H-pyrrole nitrogens is 2. The number of para-hydroxylation sites is 2. The minimum atomic E-state index is -1.89. The van der Waals surface area contributed by atoms with Crippen LogP contribution in [0.4, 0.5) is 0 Å². The van der Waals surface area contributed by atoms with E-state index in [1.54, 1.807) is 72.8 Å². The number of hydrogen-bond acceptors (Lipinski definition) is 21. The van der Waals surface area contributed by atoms with Crippen LogP contribution in [0.1, 0.15) is 63.9 Å². The van der Waals surface area contributed by atoms with Crippen LogP contribution in [0.2, 0.25) is 0 Å². The number of aromatic nitrogens is 2. The zero-order valence-electron chi connectivity index (χ0n) is 47.9. The molecule has 0 spiro atoms. The van der Waals surface area contributed by atoms with Crippen molar-refractivity contribution in [1.82, 2.24) is 73.4 Å². The molecule has 5 rings (SSSR count). The van der Waals surface area contributed by atoms with Gasteiger partial charge in [-0.3, -0.25) is 116 Å². The van der Waals surface area contributed by atoms with E-state index in [-0.39, 0.29) is 78.1 Å². The van der Waals surface area contributed by atoms with Gasteiger partial charge in [-0.25, -0.2) is 0 Å². The standard InChI is InChI=1S/C54H68N14O21.Na.H/c1-53(57-21-37(71)72,58-22-38(73)74)48(52(87)88)55-17-16-34(51(85)86)56-20-35(69)63-65-49(83)46-44(30-8-4-6-10-32(30)61-46)43(28-12-14-29(89-3)15-13-28)45-31-9-5-7-11-33(31)62-47(45)50(84)66-64-36(70)25-67(26-41(79)80)18-19-68(27-42(81)82)54(2,59-23-39(75)76)60-24-40(77)78;;/h4-15,34,43,48,55-62H,16-27H2,1-3H3,(H,63,69)(H,64,70)(H,65,83)(H,66,84)(H,71,72)(H,73,74)(H,75,76)(H,77,78)(H,79,80)(H,81,82)(H,85,86)(H,87,88);;. The topological polar surface area (TPSA) is 534 Å². The van der Waals surface area contributed by atoms with Gasteiger partial charge in [-0.15, -0.1) is 0 Å². The van der Waals surface area contributed by atoms with Gasteiger partial charge in [0.2, 0.25) is 0 Å². The number of aromatic amines is 2. The monoisotopic (exact) mass is 1270 g/mol. The van der Waals surface area contributed by atoms with Crippen molar-refractivity contribution in [3.63, 3.8) is 0 Å². The SMILES string of the molecule is COc1ccc(C(c2c(C(=O)NNC(=O)CNC(CCNC(C(=O)O)C(C)(NCC(=O)O)NCC(=O)O)C(=O)O)[nH]c3ccccc23)c2c(C(=O)NNC(=O)CN(CCN(CC(=O)O)C(C)(NCC(=O)O)NCC(=O)O)CC(=O)O)[nH]c3ccccc23)cc1.[NaH]. The fraction of sp³-hybridized carbons (Fsp3) is 0.370. The van der Waals surface area contributed by atoms with Gasteiger partial charge in [0.05, 0.1) is 65.1 Å². The Hall–Kier alpha value is -9.14. The molecule has 36 heteroatoms. The summed E-state index contributed by atoms with van der Waals surface area (Å²) in [5.41, 5.74) is 8.76. The second kappa shape index (κ2) is 34.0. The Morgan fingerprint density at radius 3 is 1.43 bits per heavy atom. The normalized spacial score (nSPS) is 12.5. The predicted molar refractivity (Wildman–Crippen MR) is 315 cm³/mol. The first-order valence-electron chi connectivity index (χ1n) is 26.8. The third-order valence-electron chi connectivity index (χ3n) is 13.8. The summed E-state index contributed by atoms with van der Waals surface area (Å²) in [4.78, 5) is 159. The fourth-order valence-corrected chi connectivity index (χ4v) is 9.52. The van der Waals surface area contributed by atoms with E-state index in [0.717, 1.165) is 9.80 Å². The van der Waals surface area contributed by atoms with Crippen LogP contribution in [0.25, 0.3) is 21.8 Å². The molecule has 3 atom stereocenters. The fourth-order valence-electron chi connectivity index (χ4n) is 9.52. The predicted octanol–water partition coefficient (Wildman–Crippen LogP) is -3.95. The molecule has 4 amide bonds. The van der Waals surface area contributed by atoms with Crippen molar-refractivity contribution in [3.05, 3.63) is 101 Å². The van der Waals surface area contributed by atoms with Crippen LogP contribution in [-0.2, 0) is 47.9 Å². The van der Waals surface area contributed by atoms with Crippen molar-refractivity contribution >= 4 is 123 Å². The summed E-state index contributed by atoms with van der Waals surface area (Å²) in [5, 5.41) is 92.5. The molecular weight excluding hydrogens is 1200 g/mol. The molecule has 0 aliphatic carbocycles. The molecule has 0 bridgehead atoms. The maximum atomic E-state index is 14.6. The summed E-state index contributed by atoms with van der Waals surface area (Å²) < 4.78 is 5.44. The Labute approximate surface area is 532 Å². The number of carbonyl (C=O) groups is 12. The zero-order valence-corrected chi connectivity index (χ0v) is 47.9. The summed E-state index contributed by atoms with van der Waals surface area (Å²) in [6.07, 6.45) is -0.379. The average Bonchev–Trinajstić information content (AvgIpc) is 1.61. The number of methoxy groups -OCH3 is 1. The van der Waals surface area contributed by atoms with Crippen LogP contribution in [0.5, 0.6) is 5.75 Å². The number of nitrogens with zero attached hydrogens (tertiary/aromatic N) is 2. The molecule has 2 aromatic heterocycles. The summed E-state index contributed by atoms with van der Waals surface area (Å²) in [6, 6.07) is 16.8. The number of hydrazine groups is 2. The van der Waals surface area contributed by atoms with Gasteiger partial charge in [0.25, 0.3) is 23.6 Å². The number of benzene rings is 3. The number of carboxylic acid groups (broad SMARTS) is 8. The van der Waals surface area contributed by atoms with E-state index in [0.29, 0.717) is 33.1 Å². The molecule has 0 fully saturated rings. The first-order valence-corrected chi connectivity index (χ1v) is 26.8. The van der Waals surface area contributed by atoms with Crippen LogP contribution in [0.15, 0.2) is 72.8 Å². The Morgan fingerprint density at radius 2 is 0.989 bits per heavy atom. The van der Waals surface area contributed by atoms with Crippen molar-refractivity contribution in [2.45, 2.75) is 49.7 Å².